The number of nitrogens with zero attached hydrogens (tertiary/aromatic N) is 5. The van der Waals surface area contributed by atoms with Gasteiger partial charge in [0.2, 0.25) is 11.8 Å². The first-order valence-electron chi connectivity index (χ1n) is 12.4. The summed E-state index contributed by atoms with van der Waals surface area (Å²) in [5.74, 6) is 0.0909. The summed E-state index contributed by atoms with van der Waals surface area (Å²) in [6, 6.07) is 4.07. The number of amides is 3. The summed E-state index contributed by atoms with van der Waals surface area (Å²) >= 11 is 1.37. The zero-order valence-corrected chi connectivity index (χ0v) is 21.6. The molecule has 6 rings (SSSR count). The van der Waals surface area contributed by atoms with Crippen LogP contribution in [0.1, 0.15) is 30.0 Å². The van der Waals surface area contributed by atoms with Gasteiger partial charge >= 0.3 is 12.6 Å². The third kappa shape index (κ3) is 5.23. The lowest BCUT2D eigenvalue weighted by atomic mass is 9.97. The predicted octanol–water partition coefficient (Wildman–Crippen LogP) is 3.04. The topological polar surface area (TPSA) is 135 Å². The zero-order valence-electron chi connectivity index (χ0n) is 20.8. The molecular weight excluding hydrogens is 536 g/mol. The highest BCUT2D eigenvalue weighted by Crippen LogP contribution is 2.43. The van der Waals surface area contributed by atoms with Gasteiger partial charge in [-0.05, 0) is 12.5 Å². The first kappa shape index (κ1) is 25.4. The molecule has 2 N–H and O–H groups in total. The van der Waals surface area contributed by atoms with Crippen LogP contribution in [0.15, 0.2) is 28.8 Å². The number of halogens is 2. The summed E-state index contributed by atoms with van der Waals surface area (Å²) in [5, 5.41) is 6.22. The fourth-order valence-electron chi connectivity index (χ4n) is 5.12. The maximum Gasteiger partial charge on any atom is 0.388 e. The molecule has 3 atom stereocenters. The number of hydrogen-bond acceptors (Lipinski definition) is 10. The number of likely N-dealkylation sites (tertiary alicyclic amines) is 1. The third-order valence-corrected chi connectivity index (χ3v) is 7.98. The molecule has 39 heavy (non-hydrogen) atoms. The third-order valence-electron chi connectivity index (χ3n) is 6.86. The quantitative estimate of drug-likeness (QED) is 0.466. The molecule has 2 saturated heterocycles. The summed E-state index contributed by atoms with van der Waals surface area (Å²) in [4.78, 5) is 42.0. The SMILES string of the molecule is CC(=O)N1CC[C@@H](NC(=O)Nc2nc3c(s2)[C@@H]2COC[C@H](C3)N2c2ncc(-c3cccc(OC(F)F)n3)o2)C1. The molecule has 6 heterocycles. The Bertz CT molecular complexity index is 1380. The number of aromatic nitrogens is 3. The average molecular weight is 562 g/mol. The summed E-state index contributed by atoms with van der Waals surface area (Å²) in [6.07, 6.45) is 2.76. The first-order chi connectivity index (χ1) is 18.8. The lowest BCUT2D eigenvalue weighted by Gasteiger charge is -2.43. The number of hydrogen-bond donors (Lipinski definition) is 2. The van der Waals surface area contributed by atoms with Crippen LogP contribution in [-0.2, 0) is 16.0 Å². The Balaban J connectivity index is 1.17. The highest BCUT2D eigenvalue weighted by atomic mass is 32.1. The van der Waals surface area contributed by atoms with Crippen LogP contribution >= 0.6 is 11.3 Å². The van der Waals surface area contributed by atoms with Crippen LogP contribution in [0.25, 0.3) is 11.5 Å². The molecule has 3 aliphatic heterocycles. The largest absolute Gasteiger partial charge is 0.422 e. The van der Waals surface area contributed by atoms with Crippen LogP contribution in [0.5, 0.6) is 5.88 Å². The monoisotopic (exact) mass is 561 g/mol. The van der Waals surface area contributed by atoms with Gasteiger partial charge in [0.05, 0.1) is 42.1 Å². The lowest BCUT2D eigenvalue weighted by Crippen LogP contribution is -2.51. The molecule has 0 aromatic carbocycles. The Morgan fingerprint density at radius 2 is 2.13 bits per heavy atom. The highest BCUT2D eigenvalue weighted by Gasteiger charge is 2.43. The van der Waals surface area contributed by atoms with Crippen LogP contribution in [0.4, 0.5) is 24.7 Å². The molecule has 12 nitrogen and oxygen atoms in total. The van der Waals surface area contributed by atoms with Gasteiger partial charge in [0.1, 0.15) is 5.69 Å². The van der Waals surface area contributed by atoms with Crippen LogP contribution in [0, 0.1) is 0 Å². The van der Waals surface area contributed by atoms with Crippen molar-refractivity contribution in [3.05, 3.63) is 35.0 Å². The molecule has 0 unspecified atom stereocenters. The van der Waals surface area contributed by atoms with Gasteiger partial charge in [-0.1, -0.05) is 17.4 Å². The molecule has 0 radical (unpaired) electrons. The lowest BCUT2D eigenvalue weighted by molar-refractivity contribution is -0.127. The van der Waals surface area contributed by atoms with E-state index in [-0.39, 0.29) is 35.9 Å². The van der Waals surface area contributed by atoms with Crippen molar-refractivity contribution < 1.29 is 32.3 Å². The number of anilines is 2. The van der Waals surface area contributed by atoms with Gasteiger partial charge < -0.3 is 29.0 Å². The number of fused-ring (bicyclic) bond motifs is 4. The van der Waals surface area contributed by atoms with Crippen molar-refractivity contribution in [1.29, 1.82) is 0 Å². The van der Waals surface area contributed by atoms with Crippen molar-refractivity contribution in [2.75, 3.05) is 36.5 Å². The Morgan fingerprint density at radius 3 is 2.92 bits per heavy atom. The maximum absolute atomic E-state index is 12.6. The van der Waals surface area contributed by atoms with E-state index < -0.39 is 6.61 Å². The normalized spacial score (nSPS) is 22.1. The zero-order chi connectivity index (χ0) is 27.1. The van der Waals surface area contributed by atoms with Gasteiger partial charge in [-0.25, -0.2) is 19.7 Å². The Hall–Kier alpha value is -3.85. The number of carbonyl (C=O) groups excluding carboxylic acids is 2. The molecule has 0 aliphatic carbocycles. The second-order valence-corrected chi connectivity index (χ2v) is 10.5. The standard InChI is InChI=1S/C24H25F2N7O5S/c1-12(34)32-6-5-13(9-32)28-22(35)31-23-30-16-7-14-10-36-11-17(20(16)39-23)33(14)24-27-8-18(37-24)15-3-2-4-19(29-15)38-21(25)26/h2-4,8,13-14,17,21H,5-7,9-11H2,1H3,(H2,28,30,31,35)/t13-,14+,17+/m1/s1. The van der Waals surface area contributed by atoms with Gasteiger partial charge in [-0.15, -0.1) is 0 Å². The van der Waals surface area contributed by atoms with E-state index in [2.05, 4.69) is 30.3 Å². The van der Waals surface area contributed by atoms with E-state index in [4.69, 9.17) is 9.15 Å². The van der Waals surface area contributed by atoms with E-state index in [0.29, 0.717) is 61.7 Å². The summed E-state index contributed by atoms with van der Waals surface area (Å²) in [6.45, 7) is 0.477. The minimum atomic E-state index is -2.98. The average Bonchev–Trinajstić information content (AvgIpc) is 3.63. The fraction of sp³-hybridized carbons (Fsp3) is 0.458. The van der Waals surface area contributed by atoms with E-state index in [1.54, 1.807) is 17.0 Å². The van der Waals surface area contributed by atoms with Crippen LogP contribution in [-0.4, -0.2) is 76.8 Å². The number of rotatable bonds is 6. The molecule has 0 saturated carbocycles. The highest BCUT2D eigenvalue weighted by molar-refractivity contribution is 7.16. The molecule has 15 heteroatoms. The second kappa shape index (κ2) is 10.4. The molecule has 3 amide bonds. The molecule has 3 aliphatic rings. The molecule has 3 aromatic rings. The van der Waals surface area contributed by atoms with Gasteiger partial charge in [0.15, 0.2) is 10.9 Å². The van der Waals surface area contributed by atoms with Crippen LogP contribution in [0.2, 0.25) is 0 Å². The minimum absolute atomic E-state index is 0.00565. The number of morpholine rings is 1. The molecule has 0 spiro atoms. The summed E-state index contributed by atoms with van der Waals surface area (Å²) in [5.41, 5.74) is 1.20. The predicted molar refractivity (Wildman–Crippen MR) is 135 cm³/mol. The molecule has 3 aromatic heterocycles. The molecule has 2 fully saturated rings. The number of ether oxygens (including phenoxy) is 2. The first-order valence-corrected chi connectivity index (χ1v) is 13.2. The van der Waals surface area contributed by atoms with Crippen molar-refractivity contribution >= 4 is 34.4 Å². The van der Waals surface area contributed by atoms with Crippen molar-refractivity contribution in [2.45, 2.75) is 44.5 Å². The van der Waals surface area contributed by atoms with Gasteiger partial charge in [0, 0.05) is 38.5 Å². The summed E-state index contributed by atoms with van der Waals surface area (Å²) < 4.78 is 41.4. The van der Waals surface area contributed by atoms with Crippen LogP contribution < -0.4 is 20.3 Å². The Kier molecular flexibility index (Phi) is 6.76. The van der Waals surface area contributed by atoms with Crippen molar-refractivity contribution in [2.24, 2.45) is 0 Å². The Morgan fingerprint density at radius 1 is 1.26 bits per heavy atom. The number of pyridine rings is 1. The van der Waals surface area contributed by atoms with Gasteiger partial charge in [0.25, 0.3) is 6.01 Å². The number of oxazole rings is 1. The molecular formula is C24H25F2N7O5S. The van der Waals surface area contributed by atoms with E-state index in [1.807, 2.05) is 4.90 Å². The second-order valence-electron chi connectivity index (χ2n) is 9.44. The summed E-state index contributed by atoms with van der Waals surface area (Å²) in [7, 11) is 0. The number of alkyl halides is 2. The van der Waals surface area contributed by atoms with E-state index in [0.717, 1.165) is 10.6 Å². The Labute approximate surface area is 225 Å². The van der Waals surface area contributed by atoms with E-state index in [9.17, 15) is 18.4 Å². The van der Waals surface area contributed by atoms with Crippen LogP contribution in [0.3, 0.4) is 0 Å². The molecule has 2 bridgehead atoms. The van der Waals surface area contributed by atoms with Crippen molar-refractivity contribution in [3.8, 4) is 17.3 Å². The minimum Gasteiger partial charge on any atom is -0.422 e. The smallest absolute Gasteiger partial charge is 0.388 e. The number of carbonyl (C=O) groups is 2. The van der Waals surface area contributed by atoms with Gasteiger partial charge in [-0.3, -0.25) is 10.1 Å². The maximum atomic E-state index is 12.6. The van der Waals surface area contributed by atoms with E-state index >= 15 is 0 Å². The van der Waals surface area contributed by atoms with Gasteiger partial charge in [-0.2, -0.15) is 8.78 Å². The number of thiazole rings is 1. The number of urea groups is 1. The van der Waals surface area contributed by atoms with Crippen molar-refractivity contribution in [1.82, 2.24) is 25.2 Å². The fourth-order valence-corrected chi connectivity index (χ4v) is 6.19. The van der Waals surface area contributed by atoms with E-state index in [1.165, 1.54) is 30.5 Å². The van der Waals surface area contributed by atoms with Crippen molar-refractivity contribution in [3.63, 3.8) is 0 Å². The molecule has 206 valence electrons. The number of nitrogens with one attached hydrogen (secondary N) is 2.